The van der Waals surface area contributed by atoms with Crippen LogP contribution >= 0.6 is 0 Å². The average molecular weight is 694 g/mol. The molecule has 0 radical (unpaired) electrons. The molecule has 2 aliphatic carbocycles. The molecule has 258 valence electrons. The van der Waals surface area contributed by atoms with Crippen LogP contribution < -0.4 is 4.90 Å². The first kappa shape index (κ1) is 31.2. The number of rotatable bonds is 4. The second-order valence-electron chi connectivity index (χ2n) is 16.2. The van der Waals surface area contributed by atoms with Crippen LogP contribution in [0, 0.1) is 0 Å². The zero-order valence-corrected chi connectivity index (χ0v) is 30.9. The number of nitrogens with zero attached hydrogens (tertiary/aromatic N) is 1. The van der Waals surface area contributed by atoms with Gasteiger partial charge < -0.3 is 9.32 Å². The number of benzene rings is 8. The fourth-order valence-corrected chi connectivity index (χ4v) is 9.64. The number of fused-ring (bicyclic) bond motifs is 10. The third-order valence-corrected chi connectivity index (χ3v) is 12.5. The van der Waals surface area contributed by atoms with Crippen molar-refractivity contribution in [2.24, 2.45) is 0 Å². The van der Waals surface area contributed by atoms with Crippen LogP contribution in [-0.4, -0.2) is 0 Å². The van der Waals surface area contributed by atoms with E-state index in [2.05, 4.69) is 196 Å². The Morgan fingerprint density at radius 3 is 1.80 bits per heavy atom. The van der Waals surface area contributed by atoms with Crippen LogP contribution in [-0.2, 0) is 10.8 Å². The van der Waals surface area contributed by atoms with E-state index in [4.69, 9.17) is 4.42 Å². The monoisotopic (exact) mass is 693 g/mol. The summed E-state index contributed by atoms with van der Waals surface area (Å²) in [6.07, 6.45) is 0. The second-order valence-corrected chi connectivity index (χ2v) is 16.2. The van der Waals surface area contributed by atoms with Gasteiger partial charge in [0, 0.05) is 38.5 Å². The van der Waals surface area contributed by atoms with Crippen molar-refractivity contribution in [1.82, 2.24) is 0 Å². The highest BCUT2D eigenvalue weighted by Crippen LogP contribution is 2.55. The first-order valence-corrected chi connectivity index (χ1v) is 19.0. The standard InChI is InChI=1S/C52H39NO/c1-51(2)43-16-9-7-14-38(43)41-31-37(25-27-45(41)51)53(47-19-11-18-46-50(47)40-15-8-10-17-44(40)52(46,3)4)36-23-20-32(21-24-36)35-22-26-39-42-28-33-12-5-6-13-34(33)29-49(42)54-48(39)30-35/h5-31H,1-4H3. The Hall–Kier alpha value is -6.38. The van der Waals surface area contributed by atoms with Gasteiger partial charge in [-0.1, -0.05) is 137 Å². The maximum absolute atomic E-state index is 6.46. The van der Waals surface area contributed by atoms with Crippen molar-refractivity contribution in [3.63, 3.8) is 0 Å². The summed E-state index contributed by atoms with van der Waals surface area (Å²) in [5, 5.41) is 4.72. The van der Waals surface area contributed by atoms with Gasteiger partial charge in [-0.3, -0.25) is 0 Å². The van der Waals surface area contributed by atoms with Crippen molar-refractivity contribution in [3.05, 3.63) is 186 Å². The third kappa shape index (κ3) is 4.34. The lowest BCUT2D eigenvalue weighted by atomic mass is 9.82. The van der Waals surface area contributed by atoms with Crippen molar-refractivity contribution in [2.75, 3.05) is 4.90 Å². The maximum atomic E-state index is 6.46. The molecule has 0 fully saturated rings. The molecule has 0 amide bonds. The average Bonchev–Trinajstić information content (AvgIpc) is 3.76. The molecule has 2 heteroatoms. The summed E-state index contributed by atoms with van der Waals surface area (Å²) >= 11 is 0. The quantitative estimate of drug-likeness (QED) is 0.182. The van der Waals surface area contributed by atoms with Crippen molar-refractivity contribution < 1.29 is 4.42 Å². The van der Waals surface area contributed by atoms with E-state index >= 15 is 0 Å². The first-order chi connectivity index (χ1) is 26.3. The Morgan fingerprint density at radius 1 is 0.407 bits per heavy atom. The summed E-state index contributed by atoms with van der Waals surface area (Å²) in [7, 11) is 0. The number of hydrogen-bond acceptors (Lipinski definition) is 2. The molecule has 1 heterocycles. The number of furan rings is 1. The fraction of sp³-hybridized carbons (Fsp3) is 0.115. The van der Waals surface area contributed by atoms with Gasteiger partial charge in [0.2, 0.25) is 0 Å². The summed E-state index contributed by atoms with van der Waals surface area (Å²) in [4.78, 5) is 2.47. The van der Waals surface area contributed by atoms with Crippen LogP contribution in [0.4, 0.5) is 17.1 Å². The minimum atomic E-state index is -0.0968. The van der Waals surface area contributed by atoms with Crippen molar-refractivity contribution in [2.45, 2.75) is 38.5 Å². The lowest BCUT2D eigenvalue weighted by molar-refractivity contribution is 0.660. The van der Waals surface area contributed by atoms with E-state index in [9.17, 15) is 0 Å². The van der Waals surface area contributed by atoms with Crippen LogP contribution in [0.15, 0.2) is 168 Å². The van der Waals surface area contributed by atoms with Gasteiger partial charge in [-0.05, 0) is 115 Å². The highest BCUT2D eigenvalue weighted by molar-refractivity contribution is 6.10. The molecular formula is C52H39NO. The molecule has 1 aromatic heterocycles. The van der Waals surface area contributed by atoms with Gasteiger partial charge in [-0.25, -0.2) is 0 Å². The lowest BCUT2D eigenvalue weighted by Crippen LogP contribution is -2.16. The molecule has 0 unspecified atom stereocenters. The Bertz CT molecular complexity index is 3000. The van der Waals surface area contributed by atoms with E-state index in [0.717, 1.165) is 44.4 Å². The minimum absolute atomic E-state index is 0.0533. The molecule has 9 aromatic rings. The molecule has 2 aliphatic rings. The summed E-state index contributed by atoms with van der Waals surface area (Å²) in [5.74, 6) is 0. The van der Waals surface area contributed by atoms with Crippen molar-refractivity contribution in [1.29, 1.82) is 0 Å². The predicted octanol–water partition coefficient (Wildman–Crippen LogP) is 14.5. The molecule has 54 heavy (non-hydrogen) atoms. The molecule has 11 rings (SSSR count). The van der Waals surface area contributed by atoms with Crippen molar-refractivity contribution in [3.8, 4) is 33.4 Å². The Balaban J connectivity index is 1.07. The fourth-order valence-electron chi connectivity index (χ4n) is 9.64. The minimum Gasteiger partial charge on any atom is -0.456 e. The molecule has 0 saturated heterocycles. The van der Waals surface area contributed by atoms with Gasteiger partial charge in [0.05, 0.1) is 5.69 Å². The smallest absolute Gasteiger partial charge is 0.136 e. The Labute approximate surface area is 315 Å². The predicted molar refractivity (Wildman–Crippen MR) is 226 cm³/mol. The highest BCUT2D eigenvalue weighted by atomic mass is 16.3. The van der Waals surface area contributed by atoms with Crippen LogP contribution in [0.3, 0.4) is 0 Å². The van der Waals surface area contributed by atoms with E-state index in [1.165, 1.54) is 61.0 Å². The van der Waals surface area contributed by atoms with E-state index in [0.29, 0.717) is 0 Å². The highest BCUT2D eigenvalue weighted by Gasteiger charge is 2.39. The first-order valence-electron chi connectivity index (χ1n) is 19.0. The van der Waals surface area contributed by atoms with E-state index < -0.39 is 0 Å². The van der Waals surface area contributed by atoms with Crippen LogP contribution in [0.1, 0.15) is 49.9 Å². The maximum Gasteiger partial charge on any atom is 0.136 e. The lowest BCUT2D eigenvalue weighted by Gasteiger charge is -2.30. The molecule has 2 nitrogen and oxygen atoms in total. The zero-order valence-electron chi connectivity index (χ0n) is 30.9. The number of hydrogen-bond donors (Lipinski definition) is 0. The summed E-state index contributed by atoms with van der Waals surface area (Å²) in [5.41, 5.74) is 18.2. The topological polar surface area (TPSA) is 16.4 Å². The molecule has 0 aliphatic heterocycles. The molecule has 0 spiro atoms. The largest absolute Gasteiger partial charge is 0.456 e. The van der Waals surface area contributed by atoms with Gasteiger partial charge in [0.15, 0.2) is 0 Å². The van der Waals surface area contributed by atoms with E-state index in [1.54, 1.807) is 0 Å². The molecule has 0 atom stereocenters. The summed E-state index contributed by atoms with van der Waals surface area (Å²) < 4.78 is 6.46. The van der Waals surface area contributed by atoms with Gasteiger partial charge in [0.25, 0.3) is 0 Å². The normalized spacial score (nSPS) is 14.6. The zero-order chi connectivity index (χ0) is 36.3. The molecule has 0 saturated carbocycles. The molecule has 0 N–H and O–H groups in total. The summed E-state index contributed by atoms with van der Waals surface area (Å²) in [6.45, 7) is 9.41. The Kier molecular flexibility index (Phi) is 6.39. The van der Waals surface area contributed by atoms with E-state index in [1.807, 2.05) is 0 Å². The third-order valence-electron chi connectivity index (χ3n) is 12.5. The summed E-state index contributed by atoms with van der Waals surface area (Å²) in [6, 6.07) is 60.4. The van der Waals surface area contributed by atoms with Crippen LogP contribution in [0.5, 0.6) is 0 Å². The van der Waals surface area contributed by atoms with E-state index in [-0.39, 0.29) is 10.8 Å². The number of anilines is 3. The van der Waals surface area contributed by atoms with Gasteiger partial charge in [0.1, 0.15) is 11.2 Å². The molecule has 0 bridgehead atoms. The van der Waals surface area contributed by atoms with Gasteiger partial charge in [-0.2, -0.15) is 0 Å². The van der Waals surface area contributed by atoms with Crippen molar-refractivity contribution >= 4 is 49.8 Å². The Morgan fingerprint density at radius 2 is 1.00 bits per heavy atom. The molecular weight excluding hydrogens is 655 g/mol. The second kappa shape index (κ2) is 11.1. The van der Waals surface area contributed by atoms with Crippen LogP contribution in [0.25, 0.3) is 66.1 Å². The molecule has 8 aromatic carbocycles. The van der Waals surface area contributed by atoms with Crippen LogP contribution in [0.2, 0.25) is 0 Å². The van der Waals surface area contributed by atoms with Gasteiger partial charge in [-0.15, -0.1) is 0 Å². The SMILES string of the molecule is CC1(C)c2ccccc2-c2cc(N(c3ccc(-c4ccc5c(c4)oc4cc6ccccc6cc45)cc3)c3cccc4c3-c3ccccc3C4(C)C)ccc21. The van der Waals surface area contributed by atoms with Gasteiger partial charge >= 0.3 is 0 Å².